The Bertz CT molecular complexity index is 1250. The van der Waals surface area contributed by atoms with Crippen molar-refractivity contribution in [3.05, 3.63) is 92.9 Å². The van der Waals surface area contributed by atoms with E-state index in [0.717, 1.165) is 16.7 Å². The Hall–Kier alpha value is -3.14. The Morgan fingerprint density at radius 3 is 2.03 bits per heavy atom. The van der Waals surface area contributed by atoms with E-state index in [1.807, 2.05) is 60.7 Å². The van der Waals surface area contributed by atoms with E-state index in [1.165, 1.54) is 0 Å². The van der Waals surface area contributed by atoms with Gasteiger partial charge in [-0.2, -0.15) is 5.26 Å². The monoisotopic (exact) mass is 520 g/mol. The minimum absolute atomic E-state index is 0.112. The van der Waals surface area contributed by atoms with E-state index >= 15 is 0 Å². The highest BCUT2D eigenvalue weighted by atomic mass is 79.9. The zero-order valence-electron chi connectivity index (χ0n) is 15.5. The van der Waals surface area contributed by atoms with Crippen molar-refractivity contribution >= 4 is 44.0 Å². The second-order valence-electron chi connectivity index (χ2n) is 6.42. The Morgan fingerprint density at radius 1 is 0.900 bits per heavy atom. The minimum Gasteiger partial charge on any atom is -0.506 e. The summed E-state index contributed by atoms with van der Waals surface area (Å²) in [6.45, 7) is 0. The van der Waals surface area contributed by atoms with Crippen LogP contribution >= 0.6 is 31.9 Å². The maximum atomic E-state index is 9.91. The Balaban J connectivity index is 1.87. The standard InChI is InChI=1S/C24H14Br2N2O2/c25-19-11-15(12-20(26)22(19)29)14-28-24-18(13-27)21(16-7-3-1-4-8-16)23(30-24)17-9-5-2-6-10-17/h1-12,14,29H. The number of aliphatic imine (C=N–C) groups is 1. The molecule has 146 valence electrons. The molecule has 0 radical (unpaired) electrons. The van der Waals surface area contributed by atoms with E-state index in [-0.39, 0.29) is 11.6 Å². The van der Waals surface area contributed by atoms with Gasteiger partial charge in [0.05, 0.1) is 8.95 Å². The van der Waals surface area contributed by atoms with E-state index in [2.05, 4.69) is 42.9 Å². The lowest BCUT2D eigenvalue weighted by molar-refractivity contribution is 0.468. The van der Waals surface area contributed by atoms with Crippen molar-refractivity contribution in [3.8, 4) is 34.3 Å². The van der Waals surface area contributed by atoms with Crippen molar-refractivity contribution in [2.45, 2.75) is 0 Å². The topological polar surface area (TPSA) is 69.5 Å². The smallest absolute Gasteiger partial charge is 0.238 e. The highest BCUT2D eigenvalue weighted by molar-refractivity contribution is 9.11. The molecule has 6 heteroatoms. The number of furan rings is 1. The zero-order valence-corrected chi connectivity index (χ0v) is 18.7. The van der Waals surface area contributed by atoms with Gasteiger partial charge in [-0.1, -0.05) is 60.7 Å². The average molecular weight is 522 g/mol. The molecule has 0 saturated heterocycles. The summed E-state index contributed by atoms with van der Waals surface area (Å²) in [6.07, 6.45) is 1.60. The SMILES string of the molecule is N#Cc1c(N=Cc2cc(Br)c(O)c(Br)c2)oc(-c2ccccc2)c1-c1ccccc1. The third-order valence-corrected chi connectivity index (χ3v) is 5.68. The van der Waals surface area contributed by atoms with Crippen molar-refractivity contribution in [2.24, 2.45) is 4.99 Å². The average Bonchev–Trinajstić information content (AvgIpc) is 3.15. The van der Waals surface area contributed by atoms with Gasteiger partial charge in [-0.25, -0.2) is 4.99 Å². The first-order valence-electron chi connectivity index (χ1n) is 8.98. The third kappa shape index (κ3) is 3.95. The van der Waals surface area contributed by atoms with Crippen LogP contribution in [0.4, 0.5) is 5.88 Å². The molecule has 0 unspecified atom stereocenters. The van der Waals surface area contributed by atoms with Gasteiger partial charge in [0.15, 0.2) is 0 Å². The molecule has 3 aromatic carbocycles. The quantitative estimate of drug-likeness (QED) is 0.283. The van der Waals surface area contributed by atoms with Crippen LogP contribution < -0.4 is 0 Å². The largest absolute Gasteiger partial charge is 0.506 e. The van der Waals surface area contributed by atoms with Gasteiger partial charge >= 0.3 is 0 Å². The molecule has 30 heavy (non-hydrogen) atoms. The van der Waals surface area contributed by atoms with Gasteiger partial charge in [0.25, 0.3) is 0 Å². The summed E-state index contributed by atoms with van der Waals surface area (Å²) in [4.78, 5) is 4.45. The van der Waals surface area contributed by atoms with Gasteiger partial charge in [0.1, 0.15) is 23.1 Å². The Labute approximate surface area is 190 Å². The molecule has 4 rings (SSSR count). The van der Waals surface area contributed by atoms with Crippen LogP contribution in [0.5, 0.6) is 5.75 Å². The van der Waals surface area contributed by atoms with Gasteiger partial charge in [0.2, 0.25) is 5.88 Å². The van der Waals surface area contributed by atoms with Gasteiger partial charge in [-0.3, -0.25) is 0 Å². The molecule has 1 aromatic heterocycles. The van der Waals surface area contributed by atoms with E-state index < -0.39 is 0 Å². The zero-order chi connectivity index (χ0) is 21.1. The lowest BCUT2D eigenvalue weighted by atomic mass is 9.98. The van der Waals surface area contributed by atoms with Crippen LogP contribution in [0.1, 0.15) is 11.1 Å². The number of phenolic OH excluding ortho intramolecular Hbond substituents is 1. The van der Waals surface area contributed by atoms with Crippen LogP contribution in [0.3, 0.4) is 0 Å². The van der Waals surface area contributed by atoms with E-state index in [1.54, 1.807) is 18.3 Å². The summed E-state index contributed by atoms with van der Waals surface area (Å²) in [6, 6.07) is 25.0. The fourth-order valence-electron chi connectivity index (χ4n) is 3.08. The molecule has 4 aromatic rings. The first-order chi connectivity index (χ1) is 14.6. The lowest BCUT2D eigenvalue weighted by Gasteiger charge is -2.03. The van der Waals surface area contributed by atoms with Gasteiger partial charge in [0, 0.05) is 17.3 Å². The summed E-state index contributed by atoms with van der Waals surface area (Å²) < 4.78 is 7.16. The molecule has 0 fully saturated rings. The van der Waals surface area contributed by atoms with E-state index in [0.29, 0.717) is 25.8 Å². The molecule has 0 aliphatic rings. The van der Waals surface area contributed by atoms with Crippen LogP contribution in [0.15, 0.2) is 91.2 Å². The fourth-order valence-corrected chi connectivity index (χ4v) is 4.30. The molecular formula is C24H14Br2N2O2. The molecule has 1 N–H and O–H groups in total. The molecule has 1 heterocycles. The van der Waals surface area contributed by atoms with Crippen LogP contribution in [-0.4, -0.2) is 11.3 Å². The van der Waals surface area contributed by atoms with Gasteiger partial charge in [-0.15, -0.1) is 0 Å². The van der Waals surface area contributed by atoms with Gasteiger partial charge < -0.3 is 9.52 Å². The van der Waals surface area contributed by atoms with Crippen LogP contribution in [-0.2, 0) is 0 Å². The maximum Gasteiger partial charge on any atom is 0.238 e. The van der Waals surface area contributed by atoms with Crippen molar-refractivity contribution in [3.63, 3.8) is 0 Å². The number of nitrogens with zero attached hydrogens (tertiary/aromatic N) is 2. The Morgan fingerprint density at radius 2 is 1.47 bits per heavy atom. The van der Waals surface area contributed by atoms with Crippen LogP contribution in [0, 0.1) is 11.3 Å². The van der Waals surface area contributed by atoms with Crippen molar-refractivity contribution in [2.75, 3.05) is 0 Å². The molecule has 4 nitrogen and oxygen atoms in total. The normalized spacial score (nSPS) is 11.0. The van der Waals surface area contributed by atoms with Crippen LogP contribution in [0.25, 0.3) is 22.5 Å². The number of hydrogen-bond donors (Lipinski definition) is 1. The molecular weight excluding hydrogens is 508 g/mol. The van der Waals surface area contributed by atoms with Crippen LogP contribution in [0.2, 0.25) is 0 Å². The summed E-state index contributed by atoms with van der Waals surface area (Å²) >= 11 is 6.62. The van der Waals surface area contributed by atoms with Gasteiger partial charge in [-0.05, 0) is 55.1 Å². The second kappa shape index (κ2) is 8.70. The van der Waals surface area contributed by atoms with Crippen molar-refractivity contribution in [1.82, 2.24) is 0 Å². The summed E-state index contributed by atoms with van der Waals surface area (Å²) in [5.74, 6) is 0.940. The predicted octanol–water partition coefficient (Wildman–Crippen LogP) is 7.47. The molecule has 0 bridgehead atoms. The maximum absolute atomic E-state index is 9.91. The number of rotatable bonds is 4. The van der Waals surface area contributed by atoms with Crippen molar-refractivity contribution in [1.29, 1.82) is 5.26 Å². The highest BCUT2D eigenvalue weighted by Gasteiger charge is 2.22. The van der Waals surface area contributed by atoms with E-state index in [9.17, 15) is 10.4 Å². The molecule has 0 atom stereocenters. The fraction of sp³-hybridized carbons (Fsp3) is 0. The third-order valence-electron chi connectivity index (χ3n) is 4.47. The molecule has 0 aliphatic heterocycles. The van der Waals surface area contributed by atoms with Crippen molar-refractivity contribution < 1.29 is 9.52 Å². The number of hydrogen-bond acceptors (Lipinski definition) is 4. The first kappa shape index (κ1) is 20.1. The number of halogens is 2. The highest BCUT2D eigenvalue weighted by Crippen LogP contribution is 2.42. The molecule has 0 saturated carbocycles. The predicted molar refractivity (Wildman–Crippen MR) is 125 cm³/mol. The minimum atomic E-state index is 0.112. The molecule has 0 amide bonds. The molecule has 0 aliphatic carbocycles. The lowest BCUT2D eigenvalue weighted by Crippen LogP contribution is -1.84. The number of nitriles is 1. The Kier molecular flexibility index (Phi) is 5.84. The molecule has 0 spiro atoms. The second-order valence-corrected chi connectivity index (χ2v) is 8.13. The summed E-state index contributed by atoms with van der Waals surface area (Å²) in [7, 11) is 0. The first-order valence-corrected chi connectivity index (χ1v) is 10.6. The number of phenols is 1. The number of aromatic hydroxyl groups is 1. The summed E-state index contributed by atoms with van der Waals surface area (Å²) in [5.41, 5.74) is 3.56. The van der Waals surface area contributed by atoms with E-state index in [4.69, 9.17) is 4.42 Å². The number of benzene rings is 3. The summed E-state index contributed by atoms with van der Waals surface area (Å²) in [5, 5.41) is 19.8.